The Morgan fingerprint density at radius 2 is 2.04 bits per heavy atom. The summed E-state index contributed by atoms with van der Waals surface area (Å²) in [7, 11) is 0. The van der Waals surface area contributed by atoms with Gasteiger partial charge in [0.2, 0.25) is 0 Å². The molecule has 1 aromatic heterocycles. The number of nitrogens with zero attached hydrogens (tertiary/aromatic N) is 3. The fourth-order valence-electron chi connectivity index (χ4n) is 3.11. The highest BCUT2D eigenvalue weighted by Gasteiger charge is 2.26. The van der Waals surface area contributed by atoms with Crippen molar-refractivity contribution in [2.45, 2.75) is 34.4 Å². The van der Waals surface area contributed by atoms with Gasteiger partial charge in [0, 0.05) is 29.6 Å². The predicted molar refractivity (Wildman–Crippen MR) is 112 cm³/mol. The van der Waals surface area contributed by atoms with Gasteiger partial charge >= 0.3 is 0 Å². The molecule has 0 aliphatic carbocycles. The Balaban J connectivity index is 1.73. The van der Waals surface area contributed by atoms with Crippen LogP contribution in [0.25, 0.3) is 5.69 Å². The predicted octanol–water partition coefficient (Wildman–Crippen LogP) is 4.47. The molecule has 1 aliphatic rings. The number of aromatic nitrogens is 2. The lowest BCUT2D eigenvalue weighted by molar-refractivity contribution is -0.384. The molecule has 0 spiro atoms. The molecule has 8 heteroatoms. The monoisotopic (exact) mass is 411 g/mol. The first-order chi connectivity index (χ1) is 13.5. The fraction of sp³-hybridized carbons (Fsp3) is 0.200. The molecule has 0 amide bonds. The van der Waals surface area contributed by atoms with E-state index in [0.29, 0.717) is 16.2 Å². The van der Waals surface area contributed by atoms with Crippen molar-refractivity contribution in [3.05, 3.63) is 86.3 Å². The number of thioether (sulfide) groups is 2. The first kappa shape index (κ1) is 18.8. The Morgan fingerprint density at radius 3 is 2.79 bits per heavy atom. The minimum Gasteiger partial charge on any atom is -0.268 e. The maximum atomic E-state index is 13.2. The van der Waals surface area contributed by atoms with E-state index in [-0.39, 0.29) is 11.2 Å². The van der Waals surface area contributed by atoms with Crippen LogP contribution >= 0.6 is 23.5 Å². The number of benzene rings is 2. The fourth-order valence-corrected chi connectivity index (χ4v) is 5.18. The second-order valence-corrected chi connectivity index (χ2v) is 8.89. The van der Waals surface area contributed by atoms with E-state index < -0.39 is 4.92 Å². The summed E-state index contributed by atoms with van der Waals surface area (Å²) in [5.41, 5.74) is 2.44. The standard InChI is InChI=1S/C20H17N3O3S2/c1-13-10-17-18(28-13)19(24)22(15-7-3-2-4-8-15)20(21-17)27-12-14-6-5-9-16(11-14)23(25)26/h2-9,11,13H,10,12H2,1H3. The first-order valence-electron chi connectivity index (χ1n) is 8.77. The van der Waals surface area contributed by atoms with Crippen LogP contribution in [0, 0.1) is 10.1 Å². The molecular formula is C20H17N3O3S2. The smallest absolute Gasteiger partial charge is 0.268 e. The number of para-hydroxylation sites is 1. The van der Waals surface area contributed by atoms with Crippen LogP contribution in [0.15, 0.2) is 69.4 Å². The molecule has 2 heterocycles. The van der Waals surface area contributed by atoms with Crippen LogP contribution in [0.3, 0.4) is 0 Å². The van der Waals surface area contributed by atoms with E-state index in [4.69, 9.17) is 4.98 Å². The molecule has 4 rings (SSSR count). The lowest BCUT2D eigenvalue weighted by Crippen LogP contribution is -2.23. The van der Waals surface area contributed by atoms with Gasteiger partial charge in [-0.2, -0.15) is 0 Å². The molecule has 3 aromatic rings. The summed E-state index contributed by atoms with van der Waals surface area (Å²) in [5, 5.41) is 11.9. The van der Waals surface area contributed by atoms with Crippen LogP contribution in [0.5, 0.6) is 0 Å². The van der Waals surface area contributed by atoms with E-state index in [1.165, 1.54) is 17.8 Å². The highest BCUT2D eigenvalue weighted by atomic mass is 32.2. The number of hydrogen-bond donors (Lipinski definition) is 0. The zero-order chi connectivity index (χ0) is 19.7. The van der Waals surface area contributed by atoms with Crippen LogP contribution in [-0.4, -0.2) is 19.7 Å². The SMILES string of the molecule is CC1Cc2nc(SCc3cccc([N+](=O)[O-])c3)n(-c3ccccc3)c(=O)c2S1. The molecule has 0 saturated carbocycles. The van der Waals surface area contributed by atoms with Gasteiger partial charge < -0.3 is 0 Å². The quantitative estimate of drug-likeness (QED) is 0.267. The lowest BCUT2D eigenvalue weighted by Gasteiger charge is -2.13. The van der Waals surface area contributed by atoms with E-state index in [1.54, 1.807) is 28.5 Å². The summed E-state index contributed by atoms with van der Waals surface area (Å²) in [6.07, 6.45) is 0.773. The van der Waals surface area contributed by atoms with Crippen molar-refractivity contribution >= 4 is 29.2 Å². The van der Waals surface area contributed by atoms with Gasteiger partial charge in [0.25, 0.3) is 11.2 Å². The third kappa shape index (κ3) is 3.70. The molecule has 0 saturated heterocycles. The Morgan fingerprint density at radius 1 is 1.25 bits per heavy atom. The number of rotatable bonds is 5. The van der Waals surface area contributed by atoms with Crippen LogP contribution in [0.2, 0.25) is 0 Å². The Bertz CT molecular complexity index is 1100. The summed E-state index contributed by atoms with van der Waals surface area (Å²) >= 11 is 2.99. The highest BCUT2D eigenvalue weighted by molar-refractivity contribution is 8.00. The van der Waals surface area contributed by atoms with E-state index in [2.05, 4.69) is 6.92 Å². The van der Waals surface area contributed by atoms with E-state index in [1.807, 2.05) is 36.4 Å². The molecule has 6 nitrogen and oxygen atoms in total. The van der Waals surface area contributed by atoms with Crippen molar-refractivity contribution in [1.82, 2.24) is 9.55 Å². The lowest BCUT2D eigenvalue weighted by atomic mass is 10.2. The van der Waals surface area contributed by atoms with Crippen molar-refractivity contribution in [3.63, 3.8) is 0 Å². The molecule has 28 heavy (non-hydrogen) atoms. The number of nitro groups is 1. The molecular weight excluding hydrogens is 394 g/mol. The van der Waals surface area contributed by atoms with E-state index >= 15 is 0 Å². The second kappa shape index (κ2) is 7.81. The molecule has 1 unspecified atom stereocenters. The van der Waals surface area contributed by atoms with Crippen molar-refractivity contribution in [1.29, 1.82) is 0 Å². The summed E-state index contributed by atoms with van der Waals surface area (Å²) < 4.78 is 1.64. The minimum absolute atomic E-state index is 0.0490. The van der Waals surface area contributed by atoms with Gasteiger partial charge in [-0.3, -0.25) is 19.5 Å². The summed E-state index contributed by atoms with van der Waals surface area (Å²) in [5.74, 6) is 0.489. The van der Waals surface area contributed by atoms with E-state index in [9.17, 15) is 14.9 Å². The Hall–Kier alpha value is -2.58. The minimum atomic E-state index is -0.402. The van der Waals surface area contributed by atoms with Gasteiger partial charge in [0.05, 0.1) is 21.2 Å². The number of nitro benzene ring substituents is 1. The van der Waals surface area contributed by atoms with E-state index in [0.717, 1.165) is 28.3 Å². The summed E-state index contributed by atoms with van der Waals surface area (Å²) in [4.78, 5) is 29.3. The summed E-state index contributed by atoms with van der Waals surface area (Å²) in [6.45, 7) is 2.09. The maximum Gasteiger partial charge on any atom is 0.272 e. The molecule has 0 radical (unpaired) electrons. The molecule has 2 aromatic carbocycles. The molecule has 0 bridgehead atoms. The number of non-ortho nitro benzene ring substituents is 1. The number of hydrogen-bond acceptors (Lipinski definition) is 6. The van der Waals surface area contributed by atoms with Crippen molar-refractivity contribution in [2.75, 3.05) is 0 Å². The van der Waals surface area contributed by atoms with Gasteiger partial charge in [0.15, 0.2) is 5.16 Å². The zero-order valence-corrected chi connectivity index (χ0v) is 16.7. The Kier molecular flexibility index (Phi) is 5.23. The van der Waals surface area contributed by atoms with Crippen molar-refractivity contribution in [2.24, 2.45) is 0 Å². The van der Waals surface area contributed by atoms with Crippen molar-refractivity contribution < 1.29 is 4.92 Å². The number of fused-ring (bicyclic) bond motifs is 1. The normalized spacial score (nSPS) is 15.4. The van der Waals surface area contributed by atoms with Crippen LogP contribution < -0.4 is 5.56 Å². The van der Waals surface area contributed by atoms with Gasteiger partial charge in [-0.1, -0.05) is 49.0 Å². The van der Waals surface area contributed by atoms with Gasteiger partial charge in [-0.15, -0.1) is 11.8 Å². The highest BCUT2D eigenvalue weighted by Crippen LogP contribution is 2.35. The average Bonchev–Trinajstić information content (AvgIpc) is 3.08. The second-order valence-electron chi connectivity index (χ2n) is 6.49. The molecule has 1 aliphatic heterocycles. The third-order valence-electron chi connectivity index (χ3n) is 4.38. The zero-order valence-electron chi connectivity index (χ0n) is 15.1. The summed E-state index contributed by atoms with van der Waals surface area (Å²) in [6, 6.07) is 16.0. The van der Waals surface area contributed by atoms with Crippen LogP contribution in [0.4, 0.5) is 5.69 Å². The van der Waals surface area contributed by atoms with Crippen LogP contribution in [0.1, 0.15) is 18.2 Å². The van der Waals surface area contributed by atoms with Gasteiger partial charge in [0.1, 0.15) is 0 Å². The molecule has 0 fully saturated rings. The van der Waals surface area contributed by atoms with Crippen LogP contribution in [-0.2, 0) is 12.2 Å². The Labute approximate surface area is 170 Å². The molecule has 0 N–H and O–H groups in total. The van der Waals surface area contributed by atoms with Crippen molar-refractivity contribution in [3.8, 4) is 5.69 Å². The van der Waals surface area contributed by atoms with Gasteiger partial charge in [-0.05, 0) is 17.7 Å². The molecule has 142 valence electrons. The molecule has 1 atom stereocenters. The van der Waals surface area contributed by atoms with Gasteiger partial charge in [-0.25, -0.2) is 4.98 Å². The topological polar surface area (TPSA) is 78.0 Å². The first-order valence-corrected chi connectivity index (χ1v) is 10.6. The average molecular weight is 412 g/mol. The largest absolute Gasteiger partial charge is 0.272 e. The maximum absolute atomic E-state index is 13.2. The third-order valence-corrected chi connectivity index (χ3v) is 6.61.